The van der Waals surface area contributed by atoms with Crippen molar-refractivity contribution >= 4 is 23.4 Å². The van der Waals surface area contributed by atoms with E-state index in [-0.39, 0.29) is 5.25 Å². The summed E-state index contributed by atoms with van der Waals surface area (Å²) < 4.78 is 50.3. The molecule has 1 aromatic heterocycles. The van der Waals surface area contributed by atoms with E-state index in [2.05, 4.69) is 28.0 Å². The van der Waals surface area contributed by atoms with Crippen LogP contribution in [0.5, 0.6) is 5.75 Å². The van der Waals surface area contributed by atoms with Crippen LogP contribution in [0.15, 0.2) is 72.0 Å². The zero-order valence-electron chi connectivity index (χ0n) is 25.3. The molecule has 0 saturated carbocycles. The molecule has 0 bridgehead atoms. The van der Waals surface area contributed by atoms with Gasteiger partial charge in [0, 0.05) is 49.4 Å². The molecule has 1 aliphatic carbocycles. The van der Waals surface area contributed by atoms with Gasteiger partial charge in [0.15, 0.2) is 6.10 Å². The number of hydrogen-bond acceptors (Lipinski definition) is 8. The van der Waals surface area contributed by atoms with Gasteiger partial charge >= 0.3 is 12.1 Å². The van der Waals surface area contributed by atoms with Crippen LogP contribution in [-0.2, 0) is 28.0 Å². The average Bonchev–Trinajstić information content (AvgIpc) is 3.43. The normalized spacial score (nSPS) is 18.3. The minimum atomic E-state index is -4.42. The molecular formula is C32H36F3N5O4S. The van der Waals surface area contributed by atoms with Gasteiger partial charge < -0.3 is 19.5 Å². The minimum Gasteiger partial charge on any atom is -0.497 e. The Balaban J connectivity index is 1.28. The molecule has 0 amide bonds. The molecule has 2 heterocycles. The Hall–Kier alpha value is -3.97. The lowest BCUT2D eigenvalue weighted by Gasteiger charge is -2.35. The second kappa shape index (κ2) is 14.0. The van der Waals surface area contributed by atoms with Crippen LogP contribution in [0, 0.1) is 0 Å². The standard InChI is InChI=1S/C32H36F3N5O4S/c1-21-18-27(12-13-30(21)44-22(2)31(41)42)45-20-29-28(36-40(37-29)25-6-4-23(5-7-25)32(33,34)35)19-38-14-16-39(17-15-38)24-8-10-26(43-3)11-9-24/h4-11,13,18,22,27H,12,14-17,19-20H2,1-3H3,(H,41,42). The van der Waals surface area contributed by atoms with Crippen LogP contribution in [0.1, 0.15) is 37.2 Å². The predicted octanol–water partition coefficient (Wildman–Crippen LogP) is 5.94. The molecule has 9 nitrogen and oxygen atoms in total. The molecule has 45 heavy (non-hydrogen) atoms. The molecule has 2 atom stereocenters. The molecule has 2 aromatic carbocycles. The molecule has 5 rings (SSSR count). The van der Waals surface area contributed by atoms with Crippen molar-refractivity contribution in [2.45, 2.75) is 50.1 Å². The van der Waals surface area contributed by atoms with Crippen LogP contribution >= 0.6 is 11.8 Å². The number of thioether (sulfide) groups is 1. The minimum absolute atomic E-state index is 0.120. The molecule has 1 fully saturated rings. The molecule has 240 valence electrons. The van der Waals surface area contributed by atoms with E-state index in [4.69, 9.17) is 19.7 Å². The van der Waals surface area contributed by atoms with Crippen molar-refractivity contribution < 1.29 is 32.5 Å². The van der Waals surface area contributed by atoms with Gasteiger partial charge in [-0.2, -0.15) is 28.2 Å². The van der Waals surface area contributed by atoms with Crippen molar-refractivity contribution in [3.63, 3.8) is 0 Å². The van der Waals surface area contributed by atoms with Crippen LogP contribution in [-0.4, -0.2) is 75.6 Å². The summed E-state index contributed by atoms with van der Waals surface area (Å²) in [5, 5.41) is 18.8. The zero-order valence-corrected chi connectivity index (χ0v) is 26.1. The second-order valence-electron chi connectivity index (χ2n) is 11.0. The number of alkyl halides is 3. The first kappa shape index (κ1) is 32.4. The van der Waals surface area contributed by atoms with Crippen molar-refractivity contribution in [3.8, 4) is 11.4 Å². The molecule has 1 N–H and O–H groups in total. The first-order chi connectivity index (χ1) is 21.5. The Labute approximate surface area is 264 Å². The van der Waals surface area contributed by atoms with E-state index in [0.717, 1.165) is 66.7 Å². The Morgan fingerprint density at radius 2 is 1.67 bits per heavy atom. The van der Waals surface area contributed by atoms with E-state index in [0.29, 0.717) is 30.2 Å². The number of hydrogen-bond donors (Lipinski definition) is 1. The molecule has 0 spiro atoms. The summed E-state index contributed by atoms with van der Waals surface area (Å²) in [4.78, 5) is 17.3. The maximum Gasteiger partial charge on any atom is 0.416 e. The largest absolute Gasteiger partial charge is 0.497 e. The quantitative estimate of drug-likeness (QED) is 0.273. The number of anilines is 1. The Morgan fingerprint density at radius 3 is 2.27 bits per heavy atom. The van der Waals surface area contributed by atoms with Gasteiger partial charge in [-0.3, -0.25) is 4.90 Å². The van der Waals surface area contributed by atoms with Gasteiger partial charge in [-0.25, -0.2) is 4.79 Å². The molecule has 2 aliphatic rings. The van der Waals surface area contributed by atoms with Crippen molar-refractivity contribution in [3.05, 3.63) is 89.0 Å². The molecule has 2 unspecified atom stereocenters. The fourth-order valence-corrected chi connectivity index (χ4v) is 6.30. The summed E-state index contributed by atoms with van der Waals surface area (Å²) in [6, 6.07) is 12.9. The smallest absolute Gasteiger partial charge is 0.416 e. The Morgan fingerprint density at radius 1 is 1.02 bits per heavy atom. The second-order valence-corrected chi connectivity index (χ2v) is 12.2. The summed E-state index contributed by atoms with van der Waals surface area (Å²) in [5.74, 6) is 0.914. The SMILES string of the molecule is COc1ccc(N2CCN(Cc3nn(-c4ccc(C(F)(F)F)cc4)nc3CSC3C=C(C)C(OC(C)C(=O)O)=CC3)CC2)cc1. The molecular weight excluding hydrogens is 607 g/mol. The van der Waals surface area contributed by atoms with Gasteiger partial charge in [0.1, 0.15) is 17.2 Å². The van der Waals surface area contributed by atoms with Gasteiger partial charge in [0.25, 0.3) is 0 Å². The molecule has 1 saturated heterocycles. The summed E-state index contributed by atoms with van der Waals surface area (Å²) in [7, 11) is 1.65. The summed E-state index contributed by atoms with van der Waals surface area (Å²) in [6.07, 6.45) is -0.723. The molecule has 13 heteroatoms. The number of rotatable bonds is 11. The van der Waals surface area contributed by atoms with Crippen LogP contribution in [0.4, 0.5) is 18.9 Å². The number of nitrogens with zero attached hydrogens (tertiary/aromatic N) is 5. The fourth-order valence-electron chi connectivity index (χ4n) is 5.17. The maximum atomic E-state index is 13.1. The number of aliphatic carboxylic acids is 1. The number of benzene rings is 2. The van der Waals surface area contributed by atoms with Crippen molar-refractivity contribution in [2.24, 2.45) is 0 Å². The van der Waals surface area contributed by atoms with Crippen molar-refractivity contribution in [1.29, 1.82) is 0 Å². The molecule has 3 aromatic rings. The fraction of sp³-hybridized carbons (Fsp3) is 0.406. The molecule has 0 radical (unpaired) electrons. The zero-order chi connectivity index (χ0) is 32.1. The number of allylic oxidation sites excluding steroid dienone is 2. The highest BCUT2D eigenvalue weighted by molar-refractivity contribution is 7.99. The highest BCUT2D eigenvalue weighted by Crippen LogP contribution is 2.32. The van der Waals surface area contributed by atoms with E-state index in [1.54, 1.807) is 18.9 Å². The van der Waals surface area contributed by atoms with Crippen LogP contribution in [0.25, 0.3) is 5.69 Å². The van der Waals surface area contributed by atoms with Gasteiger partial charge in [-0.05, 0) is 80.4 Å². The predicted molar refractivity (Wildman–Crippen MR) is 167 cm³/mol. The maximum absolute atomic E-state index is 13.1. The van der Waals surface area contributed by atoms with Gasteiger partial charge in [-0.15, -0.1) is 11.8 Å². The van der Waals surface area contributed by atoms with E-state index in [9.17, 15) is 23.1 Å². The van der Waals surface area contributed by atoms with E-state index < -0.39 is 23.8 Å². The average molecular weight is 644 g/mol. The topological polar surface area (TPSA) is 93.0 Å². The van der Waals surface area contributed by atoms with Crippen molar-refractivity contribution in [1.82, 2.24) is 19.9 Å². The number of carboxylic acid groups (broad SMARTS) is 1. The van der Waals surface area contributed by atoms with Crippen LogP contribution in [0.3, 0.4) is 0 Å². The number of ether oxygens (including phenoxy) is 2. The lowest BCUT2D eigenvalue weighted by atomic mass is 10.1. The van der Waals surface area contributed by atoms with Crippen LogP contribution < -0.4 is 9.64 Å². The summed E-state index contributed by atoms with van der Waals surface area (Å²) in [5.41, 5.74) is 3.29. The lowest BCUT2D eigenvalue weighted by molar-refractivity contribution is -0.146. The summed E-state index contributed by atoms with van der Waals surface area (Å²) >= 11 is 1.68. The van der Waals surface area contributed by atoms with Gasteiger partial charge in [0.2, 0.25) is 0 Å². The number of halogens is 3. The molecule has 1 aliphatic heterocycles. The number of carbonyl (C=O) groups is 1. The Bertz CT molecular complexity index is 1530. The van der Waals surface area contributed by atoms with Gasteiger partial charge in [0.05, 0.1) is 24.1 Å². The van der Waals surface area contributed by atoms with Crippen molar-refractivity contribution in [2.75, 3.05) is 38.2 Å². The Kier molecular flexibility index (Phi) is 10.1. The monoisotopic (exact) mass is 643 g/mol. The number of carboxylic acids is 1. The number of piperazine rings is 1. The van der Waals surface area contributed by atoms with Gasteiger partial charge in [-0.1, -0.05) is 6.08 Å². The van der Waals surface area contributed by atoms with E-state index in [1.165, 1.54) is 23.9 Å². The lowest BCUT2D eigenvalue weighted by Crippen LogP contribution is -2.46. The highest BCUT2D eigenvalue weighted by atomic mass is 32.2. The van der Waals surface area contributed by atoms with Crippen LogP contribution in [0.2, 0.25) is 0 Å². The third-order valence-electron chi connectivity index (χ3n) is 7.82. The third-order valence-corrected chi connectivity index (χ3v) is 9.02. The summed E-state index contributed by atoms with van der Waals surface area (Å²) in [6.45, 7) is 7.28. The highest BCUT2D eigenvalue weighted by Gasteiger charge is 2.30. The first-order valence-corrected chi connectivity index (χ1v) is 15.7. The number of aromatic nitrogens is 3. The number of methoxy groups -OCH3 is 1. The third kappa shape index (κ3) is 8.20. The first-order valence-electron chi connectivity index (χ1n) is 14.6. The van der Waals surface area contributed by atoms with E-state index >= 15 is 0 Å². The van der Waals surface area contributed by atoms with E-state index in [1.807, 2.05) is 25.1 Å².